The Kier molecular flexibility index (Phi) is 3.25. The van der Waals surface area contributed by atoms with Gasteiger partial charge in [-0.1, -0.05) is 12.1 Å². The monoisotopic (exact) mass is 344 g/mol. The van der Waals surface area contributed by atoms with Gasteiger partial charge >= 0.3 is 5.97 Å². The summed E-state index contributed by atoms with van der Waals surface area (Å²) in [5.74, 6) is -0.948. The third-order valence-corrected chi connectivity index (χ3v) is 5.64. The fraction of sp³-hybridized carbons (Fsp3) is 0. The number of benzene rings is 1. The van der Waals surface area contributed by atoms with E-state index in [2.05, 4.69) is 8.75 Å². The molecule has 0 aliphatic carbocycles. The summed E-state index contributed by atoms with van der Waals surface area (Å²) in [5.41, 5.74) is 3.19. The van der Waals surface area contributed by atoms with E-state index in [1.807, 2.05) is 35.0 Å². The number of aromatic nitrogens is 2. The van der Waals surface area contributed by atoms with Gasteiger partial charge in [0, 0.05) is 20.9 Å². The number of carbonyl (C=O) groups is 1. The second-order valence-electron chi connectivity index (χ2n) is 4.57. The second kappa shape index (κ2) is 5.28. The Morgan fingerprint density at radius 3 is 2.32 bits per heavy atom. The number of aromatic carboxylic acids is 1. The predicted octanol–water partition coefficient (Wildman–Crippen LogP) is 4.85. The molecule has 4 nitrogen and oxygen atoms in total. The van der Waals surface area contributed by atoms with E-state index >= 15 is 0 Å². The van der Waals surface area contributed by atoms with Gasteiger partial charge in [0.05, 0.1) is 17.3 Å². The van der Waals surface area contributed by atoms with Crippen molar-refractivity contribution in [2.45, 2.75) is 0 Å². The highest BCUT2D eigenvalue weighted by molar-refractivity contribution is 7.14. The van der Waals surface area contributed by atoms with E-state index in [0.29, 0.717) is 11.1 Å². The molecule has 3 aromatic heterocycles. The molecule has 4 rings (SSSR count). The average molecular weight is 344 g/mol. The van der Waals surface area contributed by atoms with Crippen molar-refractivity contribution in [2.75, 3.05) is 0 Å². The lowest BCUT2D eigenvalue weighted by molar-refractivity contribution is 0.0698. The Morgan fingerprint density at radius 2 is 1.68 bits per heavy atom. The lowest BCUT2D eigenvalue weighted by atomic mass is 9.99. The summed E-state index contributed by atoms with van der Waals surface area (Å²) in [6.45, 7) is 0. The van der Waals surface area contributed by atoms with Crippen LogP contribution in [0.15, 0.2) is 41.1 Å². The molecule has 0 aliphatic heterocycles. The molecule has 1 aromatic carbocycles. The number of carboxylic acid groups (broad SMARTS) is 1. The lowest BCUT2D eigenvalue weighted by Crippen LogP contribution is -2.01. The highest BCUT2D eigenvalue weighted by Crippen LogP contribution is 2.40. The Hall–Kier alpha value is -2.09. The number of hydrogen-bond acceptors (Lipinski definition) is 6. The van der Waals surface area contributed by atoms with Crippen LogP contribution in [0.25, 0.3) is 31.9 Å². The molecule has 0 unspecified atom stereocenters. The number of nitrogens with zero attached hydrogens (tertiary/aromatic N) is 2. The molecule has 0 aliphatic rings. The zero-order valence-electron chi connectivity index (χ0n) is 11.0. The molecular weight excluding hydrogens is 336 g/mol. The first-order valence-corrected chi connectivity index (χ1v) is 8.85. The maximum absolute atomic E-state index is 11.8. The third kappa shape index (κ3) is 2.06. The van der Waals surface area contributed by atoms with E-state index < -0.39 is 5.97 Å². The molecule has 0 saturated carbocycles. The highest BCUT2D eigenvalue weighted by Gasteiger charge is 2.22. The first-order valence-electron chi connectivity index (χ1n) is 6.36. The van der Waals surface area contributed by atoms with E-state index in [0.717, 1.165) is 32.6 Å². The van der Waals surface area contributed by atoms with Crippen LogP contribution < -0.4 is 0 Å². The summed E-state index contributed by atoms with van der Waals surface area (Å²) in [6.07, 6.45) is 0. The zero-order chi connectivity index (χ0) is 15.1. The zero-order valence-corrected chi connectivity index (χ0v) is 13.5. The molecule has 0 amide bonds. The smallest absolute Gasteiger partial charge is 0.336 e. The van der Waals surface area contributed by atoms with Gasteiger partial charge in [-0.25, -0.2) is 4.79 Å². The summed E-state index contributed by atoms with van der Waals surface area (Å²) in [4.78, 5) is 13.7. The molecule has 3 heterocycles. The van der Waals surface area contributed by atoms with Crippen LogP contribution in [0, 0.1) is 0 Å². The second-order valence-corrected chi connectivity index (χ2v) is 6.99. The largest absolute Gasteiger partial charge is 0.478 e. The van der Waals surface area contributed by atoms with Crippen LogP contribution in [0.3, 0.4) is 0 Å². The van der Waals surface area contributed by atoms with Gasteiger partial charge in [-0.2, -0.15) is 8.75 Å². The quantitative estimate of drug-likeness (QED) is 0.577. The van der Waals surface area contributed by atoms with E-state index in [1.54, 1.807) is 17.4 Å². The van der Waals surface area contributed by atoms with E-state index in [4.69, 9.17) is 0 Å². The van der Waals surface area contributed by atoms with Crippen molar-refractivity contribution < 1.29 is 9.90 Å². The van der Waals surface area contributed by atoms with Crippen molar-refractivity contribution in [3.8, 4) is 20.9 Å². The molecule has 0 radical (unpaired) electrons. The van der Waals surface area contributed by atoms with E-state index in [-0.39, 0.29) is 5.56 Å². The lowest BCUT2D eigenvalue weighted by Gasteiger charge is -2.08. The molecule has 0 bridgehead atoms. The molecule has 7 heteroatoms. The van der Waals surface area contributed by atoms with Crippen LogP contribution in [0.1, 0.15) is 10.4 Å². The molecule has 0 saturated heterocycles. The van der Waals surface area contributed by atoms with Crippen LogP contribution in [0.5, 0.6) is 0 Å². The van der Waals surface area contributed by atoms with Gasteiger partial charge in [0.2, 0.25) is 0 Å². The van der Waals surface area contributed by atoms with Gasteiger partial charge in [0.1, 0.15) is 11.0 Å². The number of carboxylic acids is 1. The SMILES string of the molecule is O=C(O)c1cc(-c2cccs2)c2nsnc2c1-c1cccs1. The van der Waals surface area contributed by atoms with Gasteiger partial charge in [0.15, 0.2) is 0 Å². The first kappa shape index (κ1) is 13.6. The minimum Gasteiger partial charge on any atom is -0.478 e. The number of fused-ring (bicyclic) bond motifs is 1. The van der Waals surface area contributed by atoms with E-state index in [9.17, 15) is 9.90 Å². The minimum atomic E-state index is -0.948. The standard InChI is InChI=1S/C15H8N2O2S3/c18-15(19)9-7-8(10-3-1-5-20-10)13-14(17-22-16-13)12(9)11-4-2-6-21-11/h1-7H,(H,18,19). The number of hydrogen-bond donors (Lipinski definition) is 1. The fourth-order valence-corrected chi connectivity index (χ4v) is 4.50. The Labute approximate surface area is 137 Å². The van der Waals surface area contributed by atoms with Crippen LogP contribution in [0.4, 0.5) is 0 Å². The number of rotatable bonds is 3. The Balaban J connectivity index is 2.13. The van der Waals surface area contributed by atoms with Gasteiger partial charge in [-0.15, -0.1) is 22.7 Å². The third-order valence-electron chi connectivity index (χ3n) is 3.32. The summed E-state index contributed by atoms with van der Waals surface area (Å²) >= 11 is 4.18. The van der Waals surface area contributed by atoms with Crippen LogP contribution in [0.2, 0.25) is 0 Å². The molecule has 4 aromatic rings. The number of thiophene rings is 2. The van der Waals surface area contributed by atoms with Crippen molar-refractivity contribution in [1.82, 2.24) is 8.75 Å². The van der Waals surface area contributed by atoms with Crippen LogP contribution in [-0.4, -0.2) is 19.8 Å². The molecule has 0 spiro atoms. The first-order chi connectivity index (χ1) is 10.8. The van der Waals surface area contributed by atoms with Crippen molar-refractivity contribution in [3.05, 3.63) is 46.7 Å². The van der Waals surface area contributed by atoms with Crippen molar-refractivity contribution in [3.63, 3.8) is 0 Å². The van der Waals surface area contributed by atoms with Crippen LogP contribution >= 0.6 is 34.4 Å². The molecule has 22 heavy (non-hydrogen) atoms. The van der Waals surface area contributed by atoms with Gasteiger partial charge in [0.25, 0.3) is 0 Å². The molecular formula is C15H8N2O2S3. The highest BCUT2D eigenvalue weighted by atomic mass is 32.1. The Morgan fingerprint density at radius 1 is 1.00 bits per heavy atom. The molecule has 1 N–H and O–H groups in total. The summed E-state index contributed by atoms with van der Waals surface area (Å²) in [6, 6.07) is 9.45. The summed E-state index contributed by atoms with van der Waals surface area (Å²) in [7, 11) is 0. The summed E-state index contributed by atoms with van der Waals surface area (Å²) in [5, 5.41) is 13.5. The van der Waals surface area contributed by atoms with Crippen molar-refractivity contribution >= 4 is 51.4 Å². The molecule has 0 fully saturated rings. The molecule has 0 atom stereocenters. The maximum Gasteiger partial charge on any atom is 0.336 e. The average Bonchev–Trinajstić information content (AvgIpc) is 3.25. The topological polar surface area (TPSA) is 63.1 Å². The minimum absolute atomic E-state index is 0.269. The van der Waals surface area contributed by atoms with Gasteiger partial charge in [-0.05, 0) is 29.0 Å². The maximum atomic E-state index is 11.8. The van der Waals surface area contributed by atoms with E-state index in [1.165, 1.54) is 11.3 Å². The fourth-order valence-electron chi connectivity index (χ4n) is 2.40. The van der Waals surface area contributed by atoms with Crippen molar-refractivity contribution in [2.24, 2.45) is 0 Å². The van der Waals surface area contributed by atoms with Crippen LogP contribution in [-0.2, 0) is 0 Å². The van der Waals surface area contributed by atoms with Crippen molar-refractivity contribution in [1.29, 1.82) is 0 Å². The van der Waals surface area contributed by atoms with Gasteiger partial charge < -0.3 is 5.11 Å². The molecule has 108 valence electrons. The summed E-state index contributed by atoms with van der Waals surface area (Å²) < 4.78 is 8.76. The predicted molar refractivity (Wildman–Crippen MR) is 91.0 cm³/mol. The van der Waals surface area contributed by atoms with Gasteiger partial charge in [-0.3, -0.25) is 0 Å². The normalized spacial score (nSPS) is 11.1. The Bertz CT molecular complexity index is 956.